The third-order valence-corrected chi connectivity index (χ3v) is 6.62. The van der Waals surface area contributed by atoms with Gasteiger partial charge in [0.1, 0.15) is 0 Å². The van der Waals surface area contributed by atoms with Gasteiger partial charge in [-0.15, -0.1) is 11.8 Å². The molecule has 3 N–H and O–H groups in total. The van der Waals surface area contributed by atoms with Crippen LogP contribution in [0.4, 0.5) is 11.4 Å². The number of carbonyl (C=O) groups is 3. The molecule has 0 atom stereocenters. The highest BCUT2D eigenvalue weighted by molar-refractivity contribution is 8.00. The van der Waals surface area contributed by atoms with Gasteiger partial charge in [-0.3, -0.25) is 9.59 Å². The highest BCUT2D eigenvalue weighted by Gasteiger charge is 2.16. The first kappa shape index (κ1) is 24.0. The van der Waals surface area contributed by atoms with E-state index in [4.69, 9.17) is 0 Å². The average molecular weight is 485 g/mol. The Kier molecular flexibility index (Phi) is 7.17. The molecule has 4 aromatic carbocycles. The summed E-state index contributed by atoms with van der Waals surface area (Å²) in [6.07, 6.45) is 0. The Hall–Kier alpha value is -4.10. The predicted octanol–water partition coefficient (Wildman–Crippen LogP) is 6.14. The number of aryl methyl sites for hydroxylation is 2. The maximum Gasteiger partial charge on any atom is 0.336 e. The summed E-state index contributed by atoms with van der Waals surface area (Å²) in [5.41, 5.74) is 3.83. The summed E-state index contributed by atoms with van der Waals surface area (Å²) in [5, 5.41) is 16.4. The number of rotatable bonds is 7. The number of nitrogens with one attached hydrogen (secondary N) is 2. The van der Waals surface area contributed by atoms with E-state index < -0.39 is 11.9 Å². The molecule has 35 heavy (non-hydrogen) atoms. The molecule has 0 radical (unpaired) electrons. The molecule has 6 nitrogen and oxygen atoms in total. The van der Waals surface area contributed by atoms with Crippen LogP contribution in [0.3, 0.4) is 0 Å². The largest absolute Gasteiger partial charge is 0.478 e. The number of aromatic carboxylic acids is 1. The second kappa shape index (κ2) is 10.4. The summed E-state index contributed by atoms with van der Waals surface area (Å²) in [7, 11) is 0. The monoisotopic (exact) mass is 484 g/mol. The fourth-order valence-corrected chi connectivity index (χ4v) is 4.58. The molecule has 0 unspecified atom stereocenters. The van der Waals surface area contributed by atoms with Crippen LogP contribution >= 0.6 is 11.8 Å². The lowest BCUT2D eigenvalue weighted by atomic mass is 9.98. The van der Waals surface area contributed by atoms with Crippen molar-refractivity contribution in [3.8, 4) is 0 Å². The molecule has 0 bridgehead atoms. The van der Waals surface area contributed by atoms with Gasteiger partial charge in [0.15, 0.2) is 0 Å². The van der Waals surface area contributed by atoms with E-state index in [1.807, 2.05) is 44.2 Å². The molecule has 4 aromatic rings. The van der Waals surface area contributed by atoms with E-state index in [0.717, 1.165) is 21.7 Å². The number of anilines is 2. The van der Waals surface area contributed by atoms with Crippen LogP contribution in [0, 0.1) is 13.8 Å². The summed E-state index contributed by atoms with van der Waals surface area (Å²) in [5.74, 6) is -1.31. The standard InChI is InChI=1S/C28H24N2O4S/c1-17-6-3-7-18(2)26(17)30-24(31)16-35-21-14-12-20(13-15-21)29-27(32)22-10-4-8-19-9-5-11-23(25(19)22)28(33)34/h3-15H,16H2,1-2H3,(H,29,32)(H,30,31)(H,33,34). The zero-order valence-electron chi connectivity index (χ0n) is 19.3. The predicted molar refractivity (Wildman–Crippen MR) is 141 cm³/mol. The van der Waals surface area contributed by atoms with E-state index in [9.17, 15) is 19.5 Å². The molecule has 7 heteroatoms. The number of carbonyl (C=O) groups excluding carboxylic acids is 2. The third kappa shape index (κ3) is 5.53. The minimum Gasteiger partial charge on any atom is -0.478 e. The Balaban J connectivity index is 1.41. The Morgan fingerprint density at radius 2 is 1.37 bits per heavy atom. The van der Waals surface area contributed by atoms with Gasteiger partial charge in [0.25, 0.3) is 5.91 Å². The van der Waals surface area contributed by atoms with Crippen molar-refractivity contribution in [1.29, 1.82) is 0 Å². The second-order valence-corrected chi connectivity index (χ2v) is 9.15. The molecular formula is C28H24N2O4S. The summed E-state index contributed by atoms with van der Waals surface area (Å²) in [6.45, 7) is 3.92. The Labute approximate surface area is 207 Å². The van der Waals surface area contributed by atoms with Crippen LogP contribution in [-0.2, 0) is 4.79 Å². The molecule has 0 aliphatic rings. The van der Waals surface area contributed by atoms with Crippen molar-refractivity contribution < 1.29 is 19.5 Å². The van der Waals surface area contributed by atoms with Gasteiger partial charge in [0.2, 0.25) is 5.91 Å². The fraction of sp³-hybridized carbons (Fsp3) is 0.107. The fourth-order valence-electron chi connectivity index (χ4n) is 3.88. The smallest absolute Gasteiger partial charge is 0.336 e. The van der Waals surface area contributed by atoms with Gasteiger partial charge < -0.3 is 15.7 Å². The van der Waals surface area contributed by atoms with Gasteiger partial charge in [-0.2, -0.15) is 0 Å². The summed E-state index contributed by atoms with van der Waals surface area (Å²) in [4.78, 5) is 37.9. The van der Waals surface area contributed by atoms with E-state index in [1.165, 1.54) is 17.8 Å². The quantitative estimate of drug-likeness (QED) is 0.274. The third-order valence-electron chi connectivity index (χ3n) is 5.61. The summed E-state index contributed by atoms with van der Waals surface area (Å²) >= 11 is 1.40. The zero-order valence-corrected chi connectivity index (χ0v) is 20.1. The lowest BCUT2D eigenvalue weighted by Gasteiger charge is -2.12. The highest BCUT2D eigenvalue weighted by atomic mass is 32.2. The lowest BCUT2D eigenvalue weighted by Crippen LogP contribution is -2.15. The first-order chi connectivity index (χ1) is 16.8. The van der Waals surface area contributed by atoms with Crippen LogP contribution in [0.25, 0.3) is 10.8 Å². The van der Waals surface area contributed by atoms with Gasteiger partial charge >= 0.3 is 5.97 Å². The summed E-state index contributed by atoms with van der Waals surface area (Å²) in [6, 6.07) is 23.1. The van der Waals surface area contributed by atoms with Crippen molar-refractivity contribution in [2.24, 2.45) is 0 Å². The molecule has 0 aromatic heterocycles. The number of hydrogen-bond acceptors (Lipinski definition) is 4. The highest BCUT2D eigenvalue weighted by Crippen LogP contribution is 2.26. The minimum atomic E-state index is -1.08. The van der Waals surface area contributed by atoms with Crippen molar-refractivity contribution >= 4 is 51.7 Å². The van der Waals surface area contributed by atoms with Crippen molar-refractivity contribution in [2.45, 2.75) is 18.7 Å². The topological polar surface area (TPSA) is 95.5 Å². The van der Waals surface area contributed by atoms with Gasteiger partial charge in [-0.05, 0) is 66.8 Å². The molecule has 0 saturated heterocycles. The normalized spacial score (nSPS) is 10.7. The molecule has 4 rings (SSSR count). The number of carboxylic acids is 1. The average Bonchev–Trinajstić information content (AvgIpc) is 2.85. The number of amides is 2. The van der Waals surface area contributed by atoms with Crippen LogP contribution < -0.4 is 10.6 Å². The van der Waals surface area contributed by atoms with Crippen LogP contribution in [0.1, 0.15) is 31.8 Å². The van der Waals surface area contributed by atoms with Crippen molar-refractivity contribution in [2.75, 3.05) is 16.4 Å². The van der Waals surface area contributed by atoms with Gasteiger partial charge in [-0.1, -0.05) is 42.5 Å². The van der Waals surface area contributed by atoms with Gasteiger partial charge in [-0.25, -0.2) is 4.79 Å². The van der Waals surface area contributed by atoms with Crippen LogP contribution in [0.2, 0.25) is 0 Å². The Morgan fingerprint density at radius 3 is 2.00 bits per heavy atom. The summed E-state index contributed by atoms with van der Waals surface area (Å²) < 4.78 is 0. The maximum absolute atomic E-state index is 13.0. The number of benzene rings is 4. The Morgan fingerprint density at radius 1 is 0.771 bits per heavy atom. The van der Waals surface area contributed by atoms with Crippen LogP contribution in [0.15, 0.2) is 83.8 Å². The first-order valence-electron chi connectivity index (χ1n) is 11.0. The number of hydrogen-bond donors (Lipinski definition) is 3. The van der Waals surface area contributed by atoms with Gasteiger partial charge in [0, 0.05) is 27.2 Å². The number of para-hydroxylation sites is 1. The van der Waals surface area contributed by atoms with E-state index in [-0.39, 0.29) is 17.2 Å². The lowest BCUT2D eigenvalue weighted by molar-refractivity contribution is -0.113. The first-order valence-corrected chi connectivity index (χ1v) is 12.0. The van der Waals surface area contributed by atoms with E-state index >= 15 is 0 Å². The molecule has 0 aliphatic carbocycles. The molecule has 2 amide bonds. The van der Waals surface area contributed by atoms with Crippen molar-refractivity contribution in [3.05, 3.63) is 101 Å². The second-order valence-electron chi connectivity index (χ2n) is 8.10. The number of fused-ring (bicyclic) bond motifs is 1. The van der Waals surface area contributed by atoms with Crippen molar-refractivity contribution in [3.63, 3.8) is 0 Å². The molecule has 176 valence electrons. The molecule has 0 fully saturated rings. The molecule has 0 saturated carbocycles. The van der Waals surface area contributed by atoms with E-state index in [1.54, 1.807) is 42.5 Å². The van der Waals surface area contributed by atoms with Gasteiger partial charge in [0.05, 0.1) is 11.3 Å². The van der Waals surface area contributed by atoms with Crippen molar-refractivity contribution in [1.82, 2.24) is 0 Å². The van der Waals surface area contributed by atoms with E-state index in [0.29, 0.717) is 22.0 Å². The zero-order chi connectivity index (χ0) is 24.9. The van der Waals surface area contributed by atoms with Crippen LogP contribution in [-0.4, -0.2) is 28.6 Å². The maximum atomic E-state index is 13.0. The SMILES string of the molecule is Cc1cccc(C)c1NC(=O)CSc1ccc(NC(=O)c2cccc3cccc(C(=O)O)c23)cc1. The molecule has 0 spiro atoms. The number of thioether (sulfide) groups is 1. The Bertz CT molecular complexity index is 1410. The minimum absolute atomic E-state index is 0.0826. The molecular weight excluding hydrogens is 460 g/mol. The number of carboxylic acid groups (broad SMARTS) is 1. The van der Waals surface area contributed by atoms with E-state index in [2.05, 4.69) is 10.6 Å². The molecule has 0 heterocycles. The van der Waals surface area contributed by atoms with Crippen LogP contribution in [0.5, 0.6) is 0 Å². The molecule has 0 aliphatic heterocycles.